The third-order valence-electron chi connectivity index (χ3n) is 3.91. The van der Waals surface area contributed by atoms with Gasteiger partial charge in [0.2, 0.25) is 0 Å². The molecule has 94 valence electrons. The maximum absolute atomic E-state index is 6.00. The van der Waals surface area contributed by atoms with Crippen LogP contribution in [0.1, 0.15) is 26.2 Å². The van der Waals surface area contributed by atoms with Gasteiger partial charge in [-0.05, 0) is 43.4 Å². The van der Waals surface area contributed by atoms with Crippen LogP contribution in [0.5, 0.6) is 0 Å². The highest BCUT2D eigenvalue weighted by Gasteiger charge is 2.21. The van der Waals surface area contributed by atoms with Crippen LogP contribution in [-0.2, 0) is 0 Å². The van der Waals surface area contributed by atoms with Crippen LogP contribution in [0.25, 0.3) is 10.8 Å². The van der Waals surface area contributed by atoms with Gasteiger partial charge in [0.1, 0.15) is 0 Å². The number of nitrogens with zero attached hydrogens (tertiary/aromatic N) is 1. The average molecular weight is 241 g/mol. The van der Waals surface area contributed by atoms with Gasteiger partial charge < -0.3 is 11.1 Å². The molecule has 2 atom stereocenters. The Hall–Kier alpha value is -1.77. The van der Waals surface area contributed by atoms with Crippen LogP contribution in [-0.4, -0.2) is 11.0 Å². The summed E-state index contributed by atoms with van der Waals surface area (Å²) in [6.07, 6.45) is 7.52. The Morgan fingerprint density at radius 1 is 1.22 bits per heavy atom. The third kappa shape index (κ3) is 2.01. The van der Waals surface area contributed by atoms with Crippen molar-refractivity contribution >= 4 is 22.1 Å². The Bertz CT molecular complexity index is 565. The molecule has 2 unspecified atom stereocenters. The van der Waals surface area contributed by atoms with Gasteiger partial charge in [0.15, 0.2) is 0 Å². The average Bonchev–Trinajstić information content (AvgIpc) is 2.79. The number of nitrogens with one attached hydrogen (secondary N) is 1. The summed E-state index contributed by atoms with van der Waals surface area (Å²) in [5.41, 5.74) is 7.98. The van der Waals surface area contributed by atoms with Crippen molar-refractivity contribution in [1.82, 2.24) is 4.98 Å². The molecule has 1 saturated carbocycles. The minimum Gasteiger partial charge on any atom is -0.398 e. The molecule has 1 fully saturated rings. The van der Waals surface area contributed by atoms with Crippen molar-refractivity contribution in [2.24, 2.45) is 5.92 Å². The number of aromatic nitrogens is 1. The van der Waals surface area contributed by atoms with Crippen molar-refractivity contribution in [3.8, 4) is 0 Å². The normalized spacial score (nSPS) is 23.4. The number of benzene rings is 1. The van der Waals surface area contributed by atoms with Gasteiger partial charge in [-0.25, -0.2) is 0 Å². The molecule has 1 heterocycles. The molecule has 1 aliphatic carbocycles. The minimum absolute atomic E-state index is 0.590. The third-order valence-corrected chi connectivity index (χ3v) is 3.91. The van der Waals surface area contributed by atoms with Crippen molar-refractivity contribution in [3.05, 3.63) is 30.6 Å². The van der Waals surface area contributed by atoms with E-state index in [2.05, 4.69) is 23.3 Å². The molecule has 1 aromatic carbocycles. The number of pyridine rings is 1. The smallest absolute Gasteiger partial charge is 0.0439 e. The molecule has 18 heavy (non-hydrogen) atoms. The van der Waals surface area contributed by atoms with Crippen LogP contribution in [0.2, 0.25) is 0 Å². The van der Waals surface area contributed by atoms with Gasteiger partial charge in [-0.15, -0.1) is 0 Å². The van der Waals surface area contributed by atoms with E-state index < -0.39 is 0 Å². The summed E-state index contributed by atoms with van der Waals surface area (Å²) in [6.45, 7) is 2.32. The van der Waals surface area contributed by atoms with Gasteiger partial charge in [0.05, 0.1) is 0 Å². The lowest BCUT2D eigenvalue weighted by Crippen LogP contribution is -2.15. The Kier molecular flexibility index (Phi) is 2.82. The number of rotatable bonds is 2. The molecule has 1 aliphatic rings. The van der Waals surface area contributed by atoms with Gasteiger partial charge in [-0.3, -0.25) is 4.98 Å². The summed E-state index contributed by atoms with van der Waals surface area (Å²) >= 11 is 0. The zero-order valence-electron chi connectivity index (χ0n) is 10.7. The molecule has 0 bridgehead atoms. The van der Waals surface area contributed by atoms with E-state index in [0.717, 1.165) is 28.1 Å². The Morgan fingerprint density at radius 3 is 2.89 bits per heavy atom. The van der Waals surface area contributed by atoms with Crippen LogP contribution >= 0.6 is 0 Å². The van der Waals surface area contributed by atoms with Crippen LogP contribution in [0.4, 0.5) is 11.4 Å². The van der Waals surface area contributed by atoms with E-state index in [-0.39, 0.29) is 0 Å². The minimum atomic E-state index is 0.590. The SMILES string of the molecule is CC1CCC(Nc2ccc(N)c3ccncc23)C1. The van der Waals surface area contributed by atoms with E-state index >= 15 is 0 Å². The lowest BCUT2D eigenvalue weighted by Gasteiger charge is -2.16. The lowest BCUT2D eigenvalue weighted by molar-refractivity contribution is 0.603. The number of nitrogen functional groups attached to an aromatic ring is 1. The van der Waals surface area contributed by atoms with Crippen LogP contribution in [0, 0.1) is 5.92 Å². The number of anilines is 2. The molecule has 3 rings (SSSR count). The first kappa shape index (κ1) is 11.3. The van der Waals surface area contributed by atoms with Crippen LogP contribution in [0.3, 0.4) is 0 Å². The summed E-state index contributed by atoms with van der Waals surface area (Å²) in [7, 11) is 0. The summed E-state index contributed by atoms with van der Waals surface area (Å²) in [5, 5.41) is 5.85. The van der Waals surface area contributed by atoms with E-state index in [1.54, 1.807) is 6.20 Å². The standard InChI is InChI=1S/C15H19N3/c1-10-2-3-11(8-10)18-15-5-4-14(16)12-6-7-17-9-13(12)15/h4-7,9-11,18H,2-3,8,16H2,1H3. The van der Waals surface area contributed by atoms with Gasteiger partial charge in [-0.1, -0.05) is 6.92 Å². The molecule has 0 amide bonds. The van der Waals surface area contributed by atoms with Crippen molar-refractivity contribution in [2.45, 2.75) is 32.2 Å². The van der Waals surface area contributed by atoms with E-state index in [9.17, 15) is 0 Å². The molecule has 0 radical (unpaired) electrons. The number of fused-ring (bicyclic) bond motifs is 1. The fourth-order valence-corrected chi connectivity index (χ4v) is 2.90. The Labute approximate surface area is 107 Å². The molecular weight excluding hydrogens is 222 g/mol. The van der Waals surface area contributed by atoms with Crippen molar-refractivity contribution in [2.75, 3.05) is 11.1 Å². The first-order chi connectivity index (χ1) is 8.74. The maximum Gasteiger partial charge on any atom is 0.0439 e. The van der Waals surface area contributed by atoms with Crippen molar-refractivity contribution in [1.29, 1.82) is 0 Å². The quantitative estimate of drug-likeness (QED) is 0.792. The zero-order valence-corrected chi connectivity index (χ0v) is 10.7. The molecule has 0 aliphatic heterocycles. The topological polar surface area (TPSA) is 50.9 Å². The highest BCUT2D eigenvalue weighted by Crippen LogP contribution is 2.32. The highest BCUT2D eigenvalue weighted by molar-refractivity contribution is 6.00. The first-order valence-corrected chi connectivity index (χ1v) is 6.63. The summed E-state index contributed by atoms with van der Waals surface area (Å²) < 4.78 is 0. The predicted molar refractivity (Wildman–Crippen MR) is 76.6 cm³/mol. The fraction of sp³-hybridized carbons (Fsp3) is 0.400. The second-order valence-corrected chi connectivity index (χ2v) is 5.38. The molecule has 0 spiro atoms. The van der Waals surface area contributed by atoms with Crippen molar-refractivity contribution in [3.63, 3.8) is 0 Å². The highest BCUT2D eigenvalue weighted by atomic mass is 14.9. The van der Waals surface area contributed by atoms with Crippen molar-refractivity contribution < 1.29 is 0 Å². The lowest BCUT2D eigenvalue weighted by atomic mass is 10.1. The summed E-state index contributed by atoms with van der Waals surface area (Å²) in [4.78, 5) is 4.21. The monoisotopic (exact) mass is 241 g/mol. The number of nitrogens with two attached hydrogens (primary N) is 1. The maximum atomic E-state index is 6.00. The first-order valence-electron chi connectivity index (χ1n) is 6.63. The number of hydrogen-bond acceptors (Lipinski definition) is 3. The second-order valence-electron chi connectivity index (χ2n) is 5.38. The van der Waals surface area contributed by atoms with E-state index in [0.29, 0.717) is 6.04 Å². The Morgan fingerprint density at radius 2 is 2.11 bits per heavy atom. The summed E-state index contributed by atoms with van der Waals surface area (Å²) in [6, 6.07) is 6.62. The number of hydrogen-bond donors (Lipinski definition) is 2. The molecule has 1 aromatic heterocycles. The van der Waals surface area contributed by atoms with Gasteiger partial charge in [-0.2, -0.15) is 0 Å². The second kappa shape index (κ2) is 4.48. The molecule has 2 aromatic rings. The van der Waals surface area contributed by atoms with E-state index in [1.165, 1.54) is 19.3 Å². The van der Waals surface area contributed by atoms with Gasteiger partial charge in [0.25, 0.3) is 0 Å². The molecule has 0 saturated heterocycles. The van der Waals surface area contributed by atoms with Crippen LogP contribution in [0.15, 0.2) is 30.6 Å². The molecule has 3 nitrogen and oxygen atoms in total. The van der Waals surface area contributed by atoms with E-state index in [1.807, 2.05) is 18.3 Å². The van der Waals surface area contributed by atoms with Crippen LogP contribution < -0.4 is 11.1 Å². The fourth-order valence-electron chi connectivity index (χ4n) is 2.90. The Balaban J connectivity index is 1.95. The largest absolute Gasteiger partial charge is 0.398 e. The summed E-state index contributed by atoms with van der Waals surface area (Å²) in [5.74, 6) is 0.834. The molecule has 3 N–H and O–H groups in total. The van der Waals surface area contributed by atoms with E-state index in [4.69, 9.17) is 5.73 Å². The zero-order chi connectivity index (χ0) is 12.5. The molecule has 3 heteroatoms. The molecular formula is C15H19N3. The van der Waals surface area contributed by atoms with Gasteiger partial charge >= 0.3 is 0 Å². The van der Waals surface area contributed by atoms with Gasteiger partial charge in [0, 0.05) is 40.6 Å². The predicted octanol–water partition coefficient (Wildman–Crippen LogP) is 3.42.